The Morgan fingerprint density at radius 1 is 1.29 bits per heavy atom. The van der Waals surface area contributed by atoms with Crippen LogP contribution in [0.4, 0.5) is 13.2 Å². The van der Waals surface area contributed by atoms with Gasteiger partial charge in [-0.05, 0) is 43.4 Å². The number of halogens is 3. The molecule has 1 aliphatic rings. The normalized spacial score (nSPS) is 16.3. The van der Waals surface area contributed by atoms with Gasteiger partial charge >= 0.3 is 12.3 Å². The van der Waals surface area contributed by atoms with Crippen LogP contribution in [0.25, 0.3) is 0 Å². The van der Waals surface area contributed by atoms with Crippen LogP contribution >= 0.6 is 0 Å². The number of ether oxygens (including phenoxy) is 2. The third-order valence-corrected chi connectivity index (χ3v) is 4.14. The third kappa shape index (κ3) is 6.03. The topological polar surface area (TPSA) is 47.6 Å². The van der Waals surface area contributed by atoms with Gasteiger partial charge in [0.05, 0.1) is 13.0 Å². The first-order valence-corrected chi connectivity index (χ1v) is 8.11. The average molecular weight is 345 g/mol. The molecule has 1 aromatic rings. The van der Waals surface area contributed by atoms with E-state index in [1.807, 2.05) is 0 Å². The van der Waals surface area contributed by atoms with E-state index >= 15 is 0 Å². The van der Waals surface area contributed by atoms with Gasteiger partial charge in [0, 0.05) is 12.6 Å². The van der Waals surface area contributed by atoms with Gasteiger partial charge in [0.1, 0.15) is 5.75 Å². The lowest BCUT2D eigenvalue weighted by molar-refractivity contribution is -0.274. The highest BCUT2D eigenvalue weighted by Gasteiger charge is 2.31. The van der Waals surface area contributed by atoms with E-state index < -0.39 is 6.36 Å². The minimum absolute atomic E-state index is 0.0314. The molecule has 0 aromatic heterocycles. The fourth-order valence-corrected chi connectivity index (χ4v) is 2.71. The zero-order valence-electron chi connectivity index (χ0n) is 13.6. The van der Waals surface area contributed by atoms with Crippen molar-refractivity contribution in [3.63, 3.8) is 0 Å². The van der Waals surface area contributed by atoms with Crippen molar-refractivity contribution in [3.8, 4) is 5.75 Å². The van der Waals surface area contributed by atoms with Gasteiger partial charge in [0.2, 0.25) is 0 Å². The van der Waals surface area contributed by atoms with E-state index in [0.717, 1.165) is 24.8 Å². The summed E-state index contributed by atoms with van der Waals surface area (Å²) in [5.74, 6) is -0.0219. The summed E-state index contributed by atoms with van der Waals surface area (Å²) in [6, 6.07) is 5.76. The molecule has 0 heterocycles. The highest BCUT2D eigenvalue weighted by atomic mass is 19.4. The van der Waals surface area contributed by atoms with E-state index in [2.05, 4.69) is 10.1 Å². The Kier molecular flexibility index (Phi) is 6.48. The summed E-state index contributed by atoms with van der Waals surface area (Å²) in [6.07, 6.45) is -1.05. The molecule has 1 aromatic carbocycles. The van der Waals surface area contributed by atoms with Crippen LogP contribution in [0, 0.1) is 5.92 Å². The van der Waals surface area contributed by atoms with Crippen LogP contribution < -0.4 is 10.1 Å². The molecule has 0 bridgehead atoms. The smallest absolute Gasteiger partial charge is 0.466 e. The van der Waals surface area contributed by atoms with Crippen LogP contribution in [0.2, 0.25) is 0 Å². The maximum atomic E-state index is 12.1. The number of hydrogen-bond donors (Lipinski definition) is 1. The lowest BCUT2D eigenvalue weighted by atomic mass is 9.78. The molecule has 4 nitrogen and oxygen atoms in total. The molecule has 0 amide bonds. The molecule has 1 N–H and O–H groups in total. The van der Waals surface area contributed by atoms with Gasteiger partial charge in [-0.2, -0.15) is 0 Å². The van der Waals surface area contributed by atoms with Gasteiger partial charge in [0.15, 0.2) is 0 Å². The molecule has 134 valence electrons. The quantitative estimate of drug-likeness (QED) is 0.728. The lowest BCUT2D eigenvalue weighted by Gasteiger charge is -2.34. The average Bonchev–Trinajstić information content (AvgIpc) is 2.43. The predicted octanol–water partition coefficient (Wildman–Crippen LogP) is 3.80. The highest BCUT2D eigenvalue weighted by Crippen LogP contribution is 2.31. The van der Waals surface area contributed by atoms with Gasteiger partial charge in [-0.25, -0.2) is 0 Å². The van der Waals surface area contributed by atoms with E-state index in [-0.39, 0.29) is 17.8 Å². The number of carbonyl (C=O) groups is 1. The minimum Gasteiger partial charge on any atom is -0.466 e. The van der Waals surface area contributed by atoms with Crippen LogP contribution in [0.1, 0.15) is 38.2 Å². The fourth-order valence-electron chi connectivity index (χ4n) is 2.71. The van der Waals surface area contributed by atoms with E-state index in [1.165, 1.54) is 12.1 Å². The summed E-state index contributed by atoms with van der Waals surface area (Å²) in [6.45, 7) is 2.61. The van der Waals surface area contributed by atoms with E-state index in [4.69, 9.17) is 4.74 Å². The summed E-state index contributed by atoms with van der Waals surface area (Å²) in [5, 5.41) is 3.33. The van der Waals surface area contributed by atoms with E-state index in [9.17, 15) is 18.0 Å². The van der Waals surface area contributed by atoms with Crippen molar-refractivity contribution < 1.29 is 27.4 Å². The summed E-state index contributed by atoms with van der Waals surface area (Å²) in [5.41, 5.74) is 0.831. The molecule has 2 rings (SSSR count). The number of carbonyl (C=O) groups excluding carboxylic acids is 1. The highest BCUT2D eigenvalue weighted by molar-refractivity contribution is 5.70. The van der Waals surface area contributed by atoms with Crippen molar-refractivity contribution in [2.75, 3.05) is 6.61 Å². The Morgan fingerprint density at radius 3 is 2.46 bits per heavy atom. The zero-order chi connectivity index (χ0) is 17.6. The second-order valence-electron chi connectivity index (χ2n) is 5.88. The van der Waals surface area contributed by atoms with Crippen LogP contribution in [0.5, 0.6) is 5.75 Å². The molecule has 0 spiro atoms. The Hall–Kier alpha value is -1.76. The molecule has 1 saturated carbocycles. The summed E-state index contributed by atoms with van der Waals surface area (Å²) in [7, 11) is 0. The summed E-state index contributed by atoms with van der Waals surface area (Å²) in [4.78, 5) is 11.7. The number of hydrogen-bond acceptors (Lipinski definition) is 4. The van der Waals surface area contributed by atoms with E-state index in [0.29, 0.717) is 25.5 Å². The van der Waals surface area contributed by atoms with Crippen molar-refractivity contribution in [2.24, 2.45) is 5.92 Å². The first-order valence-electron chi connectivity index (χ1n) is 8.11. The number of alkyl halides is 3. The fraction of sp³-hybridized carbons (Fsp3) is 0.588. The third-order valence-electron chi connectivity index (χ3n) is 4.14. The van der Waals surface area contributed by atoms with Gasteiger partial charge in [-0.15, -0.1) is 13.2 Å². The van der Waals surface area contributed by atoms with Gasteiger partial charge in [-0.1, -0.05) is 18.6 Å². The first kappa shape index (κ1) is 18.6. The second-order valence-corrected chi connectivity index (χ2v) is 5.88. The van der Waals surface area contributed by atoms with Crippen LogP contribution in [0.3, 0.4) is 0 Å². The lowest BCUT2D eigenvalue weighted by Crippen LogP contribution is -2.41. The number of esters is 1. The van der Waals surface area contributed by atoms with Gasteiger partial charge in [0.25, 0.3) is 0 Å². The van der Waals surface area contributed by atoms with Crippen molar-refractivity contribution in [1.29, 1.82) is 0 Å². The largest absolute Gasteiger partial charge is 0.573 e. The first-order chi connectivity index (χ1) is 11.4. The molecular formula is C17H22F3NO3. The molecule has 1 fully saturated rings. The molecule has 1 atom stereocenters. The van der Waals surface area contributed by atoms with Crippen LogP contribution in [-0.2, 0) is 16.1 Å². The maximum Gasteiger partial charge on any atom is 0.573 e. The number of rotatable bonds is 8. The second kappa shape index (κ2) is 8.37. The molecule has 0 aliphatic heterocycles. The molecule has 1 unspecified atom stereocenters. The zero-order valence-corrected chi connectivity index (χ0v) is 13.6. The molecule has 0 radical (unpaired) electrons. The Labute approximate surface area is 139 Å². The Balaban J connectivity index is 1.87. The molecule has 0 saturated heterocycles. The van der Waals surface area contributed by atoms with Crippen molar-refractivity contribution in [1.82, 2.24) is 5.32 Å². The molecular weight excluding hydrogens is 323 g/mol. The van der Waals surface area contributed by atoms with Crippen molar-refractivity contribution in [2.45, 2.75) is 51.6 Å². The minimum atomic E-state index is -4.69. The van der Waals surface area contributed by atoms with Gasteiger partial charge < -0.3 is 14.8 Å². The van der Waals surface area contributed by atoms with Crippen molar-refractivity contribution in [3.05, 3.63) is 29.8 Å². The van der Waals surface area contributed by atoms with Gasteiger partial charge in [-0.3, -0.25) is 4.79 Å². The summed E-state index contributed by atoms with van der Waals surface area (Å²) >= 11 is 0. The Morgan fingerprint density at radius 2 is 1.96 bits per heavy atom. The maximum absolute atomic E-state index is 12.1. The Bertz CT molecular complexity index is 527. The number of nitrogens with one attached hydrogen (secondary N) is 1. The SMILES string of the molecule is CCOC(=O)CC(NCc1ccc(OC(F)(F)F)cc1)C1CCC1. The molecule has 24 heavy (non-hydrogen) atoms. The van der Waals surface area contributed by atoms with E-state index in [1.54, 1.807) is 19.1 Å². The number of benzene rings is 1. The van der Waals surface area contributed by atoms with Crippen LogP contribution in [-0.4, -0.2) is 25.0 Å². The summed E-state index contributed by atoms with van der Waals surface area (Å²) < 4.78 is 45.3. The standard InChI is InChI=1S/C17H22F3NO3/c1-2-23-16(22)10-15(13-4-3-5-13)21-11-12-6-8-14(9-7-12)24-17(18,19)20/h6-9,13,15,21H,2-5,10-11H2,1H3. The monoisotopic (exact) mass is 345 g/mol. The van der Waals surface area contributed by atoms with Crippen molar-refractivity contribution >= 4 is 5.97 Å². The molecule has 7 heteroatoms. The predicted molar refractivity (Wildman–Crippen MR) is 82.3 cm³/mol. The van der Waals surface area contributed by atoms with Crippen LogP contribution in [0.15, 0.2) is 24.3 Å². The molecule has 1 aliphatic carbocycles.